The molecule has 1 unspecified atom stereocenters. The Morgan fingerprint density at radius 3 is 3.00 bits per heavy atom. The number of hydrogen-bond donors (Lipinski definition) is 3. The fraction of sp³-hybridized carbons (Fsp3) is 0.353. The highest BCUT2D eigenvalue weighted by Gasteiger charge is 2.15. The number of hydrogen-bond acceptors (Lipinski definition) is 5. The Morgan fingerprint density at radius 2 is 2.17 bits per heavy atom. The summed E-state index contributed by atoms with van der Waals surface area (Å²) in [5.41, 5.74) is 4.07. The highest BCUT2D eigenvalue weighted by atomic mass is 14.9. The smallest absolute Gasteiger partial charge is 0.139 e. The van der Waals surface area contributed by atoms with Gasteiger partial charge in [-0.15, -0.1) is 0 Å². The van der Waals surface area contributed by atoms with Crippen molar-refractivity contribution in [2.75, 3.05) is 25.0 Å². The second-order valence-electron chi connectivity index (χ2n) is 6.00. The molecule has 3 N–H and O–H groups in total. The fourth-order valence-corrected chi connectivity index (χ4v) is 3.22. The van der Waals surface area contributed by atoms with Gasteiger partial charge in [0.25, 0.3) is 0 Å². The first kappa shape index (κ1) is 14.1. The number of anilines is 1. The SMILES string of the molecule is c1ncc(-c2c[nH]c3nccc(NCC4CCCNC4)c23)cn1. The third kappa shape index (κ3) is 2.90. The minimum atomic E-state index is 0.675. The molecule has 1 atom stereocenters. The van der Waals surface area contributed by atoms with Gasteiger partial charge in [-0.3, -0.25) is 0 Å². The van der Waals surface area contributed by atoms with Crippen molar-refractivity contribution >= 4 is 16.7 Å². The van der Waals surface area contributed by atoms with E-state index in [1.807, 2.05) is 30.9 Å². The monoisotopic (exact) mass is 308 g/mol. The molecule has 0 aromatic carbocycles. The number of piperidine rings is 1. The van der Waals surface area contributed by atoms with Crippen molar-refractivity contribution in [3.05, 3.63) is 37.2 Å². The van der Waals surface area contributed by atoms with Crippen molar-refractivity contribution in [2.24, 2.45) is 5.92 Å². The lowest BCUT2D eigenvalue weighted by Gasteiger charge is -2.23. The van der Waals surface area contributed by atoms with Gasteiger partial charge in [0.2, 0.25) is 0 Å². The van der Waals surface area contributed by atoms with Gasteiger partial charge < -0.3 is 15.6 Å². The van der Waals surface area contributed by atoms with Crippen LogP contribution >= 0.6 is 0 Å². The van der Waals surface area contributed by atoms with Crippen LogP contribution in [0.4, 0.5) is 5.69 Å². The lowest BCUT2D eigenvalue weighted by atomic mass is 9.99. The number of aromatic nitrogens is 4. The van der Waals surface area contributed by atoms with E-state index in [1.165, 1.54) is 12.8 Å². The summed E-state index contributed by atoms with van der Waals surface area (Å²) in [4.78, 5) is 15.9. The molecule has 6 heteroatoms. The Bertz CT molecular complexity index is 776. The van der Waals surface area contributed by atoms with Gasteiger partial charge in [0.05, 0.1) is 0 Å². The topological polar surface area (TPSA) is 78.5 Å². The van der Waals surface area contributed by atoms with Crippen LogP contribution in [0, 0.1) is 5.92 Å². The third-order valence-corrected chi connectivity index (χ3v) is 4.43. The average Bonchev–Trinajstić information content (AvgIpc) is 3.06. The summed E-state index contributed by atoms with van der Waals surface area (Å²) < 4.78 is 0. The van der Waals surface area contributed by atoms with Crippen molar-refractivity contribution < 1.29 is 0 Å². The lowest BCUT2D eigenvalue weighted by molar-refractivity contribution is 0.393. The summed E-state index contributed by atoms with van der Waals surface area (Å²) in [5, 5.41) is 8.18. The molecule has 0 radical (unpaired) electrons. The Labute approximate surface area is 134 Å². The van der Waals surface area contributed by atoms with E-state index in [0.29, 0.717) is 5.92 Å². The van der Waals surface area contributed by atoms with Crippen molar-refractivity contribution in [1.29, 1.82) is 0 Å². The van der Waals surface area contributed by atoms with Gasteiger partial charge in [-0.05, 0) is 37.9 Å². The van der Waals surface area contributed by atoms with Gasteiger partial charge in [-0.1, -0.05) is 0 Å². The molecule has 1 saturated heterocycles. The molecule has 23 heavy (non-hydrogen) atoms. The largest absolute Gasteiger partial charge is 0.384 e. The summed E-state index contributed by atoms with van der Waals surface area (Å²) >= 11 is 0. The molecular formula is C17H20N6. The molecule has 0 saturated carbocycles. The van der Waals surface area contributed by atoms with Crippen LogP contribution in [0.15, 0.2) is 37.2 Å². The Hall–Kier alpha value is -2.47. The van der Waals surface area contributed by atoms with Gasteiger partial charge in [0, 0.05) is 53.5 Å². The molecule has 118 valence electrons. The Kier molecular flexibility index (Phi) is 3.90. The summed E-state index contributed by atoms with van der Waals surface area (Å²) in [7, 11) is 0. The molecule has 4 rings (SSSR count). The van der Waals surface area contributed by atoms with Crippen LogP contribution in [0.5, 0.6) is 0 Å². The molecule has 3 aromatic heterocycles. The molecule has 1 aliphatic rings. The first-order valence-corrected chi connectivity index (χ1v) is 8.08. The molecule has 0 spiro atoms. The molecule has 0 aliphatic carbocycles. The first-order chi connectivity index (χ1) is 11.4. The van der Waals surface area contributed by atoms with Crippen molar-refractivity contribution in [3.63, 3.8) is 0 Å². The molecule has 0 amide bonds. The molecule has 3 aromatic rings. The Morgan fingerprint density at radius 1 is 1.26 bits per heavy atom. The first-order valence-electron chi connectivity index (χ1n) is 8.08. The zero-order valence-electron chi connectivity index (χ0n) is 12.9. The van der Waals surface area contributed by atoms with Crippen LogP contribution in [-0.4, -0.2) is 39.6 Å². The van der Waals surface area contributed by atoms with Gasteiger partial charge in [-0.25, -0.2) is 15.0 Å². The number of pyridine rings is 1. The number of nitrogens with one attached hydrogen (secondary N) is 3. The Balaban J connectivity index is 1.65. The summed E-state index contributed by atoms with van der Waals surface area (Å²) in [5.74, 6) is 0.675. The standard InChI is InChI=1S/C17H20N6/c1-2-12(6-18-4-1)7-22-15-3-5-21-17-16(15)14(10-23-17)13-8-19-11-20-9-13/h3,5,8-12,18H,1-2,4,6-7H2,(H2,21,22,23). The van der Waals surface area contributed by atoms with Gasteiger partial charge in [0.1, 0.15) is 12.0 Å². The predicted molar refractivity (Wildman–Crippen MR) is 91.2 cm³/mol. The van der Waals surface area contributed by atoms with Crippen LogP contribution < -0.4 is 10.6 Å². The highest BCUT2D eigenvalue weighted by Crippen LogP contribution is 2.32. The zero-order valence-corrected chi connectivity index (χ0v) is 12.9. The van der Waals surface area contributed by atoms with E-state index in [0.717, 1.165) is 47.5 Å². The van der Waals surface area contributed by atoms with Gasteiger partial charge in [-0.2, -0.15) is 0 Å². The van der Waals surface area contributed by atoms with E-state index in [9.17, 15) is 0 Å². The van der Waals surface area contributed by atoms with Crippen molar-refractivity contribution in [3.8, 4) is 11.1 Å². The summed E-state index contributed by atoms with van der Waals surface area (Å²) in [6.45, 7) is 3.21. The van der Waals surface area contributed by atoms with E-state index in [1.54, 1.807) is 6.33 Å². The number of nitrogens with zero attached hydrogens (tertiary/aromatic N) is 3. The molecule has 6 nitrogen and oxygen atoms in total. The predicted octanol–water partition coefficient (Wildman–Crippen LogP) is 2.43. The molecule has 4 heterocycles. The fourth-order valence-electron chi connectivity index (χ4n) is 3.22. The summed E-state index contributed by atoms with van der Waals surface area (Å²) in [6, 6.07) is 2.04. The average molecular weight is 308 g/mol. The van der Waals surface area contributed by atoms with E-state index in [4.69, 9.17) is 0 Å². The van der Waals surface area contributed by atoms with E-state index in [2.05, 4.69) is 30.6 Å². The van der Waals surface area contributed by atoms with Crippen LogP contribution in [0.1, 0.15) is 12.8 Å². The minimum Gasteiger partial charge on any atom is -0.384 e. The molecule has 0 bridgehead atoms. The van der Waals surface area contributed by atoms with Gasteiger partial charge >= 0.3 is 0 Å². The number of H-pyrrole nitrogens is 1. The maximum absolute atomic E-state index is 4.43. The molecule has 1 aliphatic heterocycles. The van der Waals surface area contributed by atoms with Gasteiger partial charge in [0.15, 0.2) is 0 Å². The highest BCUT2D eigenvalue weighted by molar-refractivity contribution is 6.01. The van der Waals surface area contributed by atoms with Crippen molar-refractivity contribution in [2.45, 2.75) is 12.8 Å². The maximum atomic E-state index is 4.43. The minimum absolute atomic E-state index is 0.675. The van der Waals surface area contributed by atoms with Crippen LogP contribution in [-0.2, 0) is 0 Å². The number of rotatable bonds is 4. The normalized spacial score (nSPS) is 18.2. The zero-order chi connectivity index (χ0) is 15.5. The summed E-state index contributed by atoms with van der Waals surface area (Å²) in [6.07, 6.45) is 11.6. The second-order valence-corrected chi connectivity index (χ2v) is 6.00. The van der Waals surface area contributed by atoms with Crippen LogP contribution in [0.25, 0.3) is 22.2 Å². The quantitative estimate of drug-likeness (QED) is 0.690. The van der Waals surface area contributed by atoms with Crippen LogP contribution in [0.2, 0.25) is 0 Å². The van der Waals surface area contributed by atoms with E-state index < -0.39 is 0 Å². The number of aromatic amines is 1. The molecular weight excluding hydrogens is 288 g/mol. The van der Waals surface area contributed by atoms with Crippen LogP contribution in [0.3, 0.4) is 0 Å². The number of fused-ring (bicyclic) bond motifs is 1. The van der Waals surface area contributed by atoms with Crippen molar-refractivity contribution in [1.82, 2.24) is 25.3 Å². The second kappa shape index (κ2) is 6.34. The molecule has 1 fully saturated rings. The maximum Gasteiger partial charge on any atom is 0.139 e. The third-order valence-electron chi connectivity index (χ3n) is 4.43. The van der Waals surface area contributed by atoms with E-state index in [-0.39, 0.29) is 0 Å². The van der Waals surface area contributed by atoms with E-state index >= 15 is 0 Å². The lowest BCUT2D eigenvalue weighted by Crippen LogP contribution is -2.33.